The van der Waals surface area contributed by atoms with Crippen LogP contribution in [0.2, 0.25) is 0 Å². The van der Waals surface area contributed by atoms with Crippen LogP contribution in [0.15, 0.2) is 0 Å². The van der Waals surface area contributed by atoms with Gasteiger partial charge in [-0.15, -0.1) is 0 Å². The molecule has 5 heteroatoms. The van der Waals surface area contributed by atoms with Crippen LogP contribution in [0.25, 0.3) is 0 Å². The first-order valence-corrected chi connectivity index (χ1v) is 5.85. The van der Waals surface area contributed by atoms with E-state index in [1.165, 1.54) is 0 Å². The topological polar surface area (TPSA) is 61.8 Å². The molecule has 1 rings (SSSR count). The van der Waals surface area contributed by atoms with Crippen molar-refractivity contribution in [2.24, 2.45) is 5.92 Å². The number of aliphatic hydroxyl groups excluding tert-OH is 1. The smallest absolute Gasteiger partial charge is 0.236 e. The second-order valence-corrected chi connectivity index (χ2v) is 4.32. The largest absolute Gasteiger partial charge is 0.396 e. The van der Waals surface area contributed by atoms with Gasteiger partial charge < -0.3 is 20.1 Å². The quantitative estimate of drug-likeness (QED) is 0.665. The molecule has 1 saturated heterocycles. The Bertz CT molecular complexity index is 217. The van der Waals surface area contributed by atoms with E-state index < -0.39 is 0 Å². The van der Waals surface area contributed by atoms with E-state index in [1.807, 2.05) is 18.7 Å². The summed E-state index contributed by atoms with van der Waals surface area (Å²) >= 11 is 0. The summed E-state index contributed by atoms with van der Waals surface area (Å²) in [4.78, 5) is 13.6. The predicted octanol–water partition coefficient (Wildman–Crippen LogP) is -0.548. The molecule has 1 aliphatic heterocycles. The first-order chi connectivity index (χ1) is 7.65. The van der Waals surface area contributed by atoms with Gasteiger partial charge in [-0.25, -0.2) is 0 Å². The minimum Gasteiger partial charge on any atom is -0.396 e. The average molecular weight is 230 g/mol. The summed E-state index contributed by atoms with van der Waals surface area (Å²) in [5.74, 6) is 0.276. The third-order valence-electron chi connectivity index (χ3n) is 3.08. The SMILES string of the molecule is CC(CO)C(C)NCC(=O)N1CCOCC1. The number of nitrogens with one attached hydrogen (secondary N) is 1. The summed E-state index contributed by atoms with van der Waals surface area (Å²) in [6, 6.07) is 0.148. The van der Waals surface area contributed by atoms with Crippen molar-refractivity contribution < 1.29 is 14.6 Å². The molecule has 94 valence electrons. The third kappa shape index (κ3) is 4.08. The van der Waals surface area contributed by atoms with Gasteiger partial charge in [0.1, 0.15) is 0 Å². The van der Waals surface area contributed by atoms with Gasteiger partial charge in [0.25, 0.3) is 0 Å². The maximum absolute atomic E-state index is 11.8. The van der Waals surface area contributed by atoms with Crippen molar-refractivity contribution in [3.8, 4) is 0 Å². The number of ether oxygens (including phenoxy) is 1. The zero-order valence-electron chi connectivity index (χ0n) is 10.1. The summed E-state index contributed by atoms with van der Waals surface area (Å²) in [6.07, 6.45) is 0. The number of aliphatic hydroxyl groups is 1. The van der Waals surface area contributed by atoms with Crippen LogP contribution in [-0.2, 0) is 9.53 Å². The fourth-order valence-electron chi connectivity index (χ4n) is 1.53. The van der Waals surface area contributed by atoms with Gasteiger partial charge >= 0.3 is 0 Å². The standard InChI is InChI=1S/C11H22N2O3/c1-9(8-14)10(2)12-7-11(15)13-3-5-16-6-4-13/h9-10,12,14H,3-8H2,1-2H3. The molecule has 2 unspecified atom stereocenters. The first-order valence-electron chi connectivity index (χ1n) is 5.85. The zero-order valence-corrected chi connectivity index (χ0v) is 10.1. The maximum Gasteiger partial charge on any atom is 0.236 e. The van der Waals surface area contributed by atoms with E-state index >= 15 is 0 Å². The highest BCUT2D eigenvalue weighted by atomic mass is 16.5. The molecule has 0 spiro atoms. The number of amides is 1. The summed E-state index contributed by atoms with van der Waals surface area (Å²) < 4.78 is 5.18. The molecule has 2 N–H and O–H groups in total. The Kier molecular flexibility index (Phi) is 5.73. The van der Waals surface area contributed by atoms with Crippen LogP contribution in [0.5, 0.6) is 0 Å². The number of morpholine rings is 1. The fourth-order valence-corrected chi connectivity index (χ4v) is 1.53. The lowest BCUT2D eigenvalue weighted by Gasteiger charge is -2.28. The van der Waals surface area contributed by atoms with Crippen molar-refractivity contribution in [1.29, 1.82) is 0 Å². The van der Waals surface area contributed by atoms with Gasteiger partial charge in [-0.3, -0.25) is 4.79 Å². The van der Waals surface area contributed by atoms with E-state index in [9.17, 15) is 4.79 Å². The Morgan fingerprint density at radius 1 is 1.44 bits per heavy atom. The fraction of sp³-hybridized carbons (Fsp3) is 0.909. The van der Waals surface area contributed by atoms with Crippen LogP contribution < -0.4 is 5.32 Å². The van der Waals surface area contributed by atoms with Crippen molar-refractivity contribution in [2.75, 3.05) is 39.5 Å². The van der Waals surface area contributed by atoms with Crippen LogP contribution in [0.3, 0.4) is 0 Å². The lowest BCUT2D eigenvalue weighted by atomic mass is 10.1. The lowest BCUT2D eigenvalue weighted by molar-refractivity contribution is -0.134. The Morgan fingerprint density at radius 3 is 2.62 bits per heavy atom. The molecule has 1 aliphatic rings. The lowest BCUT2D eigenvalue weighted by Crippen LogP contribution is -2.47. The Morgan fingerprint density at radius 2 is 2.06 bits per heavy atom. The Labute approximate surface area is 96.8 Å². The molecule has 2 atom stereocenters. The molecule has 16 heavy (non-hydrogen) atoms. The molecule has 5 nitrogen and oxygen atoms in total. The molecular formula is C11H22N2O3. The van der Waals surface area contributed by atoms with E-state index in [4.69, 9.17) is 9.84 Å². The summed E-state index contributed by atoms with van der Waals surface area (Å²) in [5.41, 5.74) is 0. The molecule has 1 fully saturated rings. The minimum atomic E-state index is 0.111. The van der Waals surface area contributed by atoms with Crippen LogP contribution in [-0.4, -0.2) is 61.4 Å². The van der Waals surface area contributed by atoms with Gasteiger partial charge in [-0.05, 0) is 12.8 Å². The molecule has 0 saturated carbocycles. The van der Waals surface area contributed by atoms with Crippen molar-refractivity contribution >= 4 is 5.91 Å². The molecule has 0 aliphatic carbocycles. The van der Waals surface area contributed by atoms with Gasteiger partial charge in [0, 0.05) is 25.7 Å². The van der Waals surface area contributed by atoms with Crippen LogP contribution in [0.4, 0.5) is 0 Å². The average Bonchev–Trinajstić information content (AvgIpc) is 2.35. The highest BCUT2D eigenvalue weighted by Crippen LogP contribution is 2.01. The number of carbonyl (C=O) groups is 1. The van der Waals surface area contributed by atoms with Crippen LogP contribution in [0.1, 0.15) is 13.8 Å². The number of carbonyl (C=O) groups excluding carboxylic acids is 1. The van der Waals surface area contributed by atoms with Gasteiger partial charge in [-0.2, -0.15) is 0 Å². The molecule has 1 heterocycles. The molecule has 0 aromatic carbocycles. The maximum atomic E-state index is 11.8. The zero-order chi connectivity index (χ0) is 12.0. The number of hydrogen-bond donors (Lipinski definition) is 2. The summed E-state index contributed by atoms with van der Waals surface area (Å²) in [7, 11) is 0. The van der Waals surface area contributed by atoms with Gasteiger partial charge in [0.05, 0.1) is 19.8 Å². The van der Waals surface area contributed by atoms with E-state index in [1.54, 1.807) is 0 Å². The number of rotatable bonds is 5. The van der Waals surface area contributed by atoms with E-state index in [0.717, 1.165) is 0 Å². The third-order valence-corrected chi connectivity index (χ3v) is 3.08. The van der Waals surface area contributed by atoms with Crippen molar-refractivity contribution in [1.82, 2.24) is 10.2 Å². The van der Waals surface area contributed by atoms with E-state index in [0.29, 0.717) is 32.8 Å². The number of hydrogen-bond acceptors (Lipinski definition) is 4. The predicted molar refractivity (Wildman–Crippen MR) is 61.1 cm³/mol. The van der Waals surface area contributed by atoms with E-state index in [-0.39, 0.29) is 24.5 Å². The normalized spacial score (nSPS) is 20.6. The number of nitrogens with zero attached hydrogens (tertiary/aromatic N) is 1. The van der Waals surface area contributed by atoms with Crippen LogP contribution in [0, 0.1) is 5.92 Å². The molecule has 1 amide bonds. The summed E-state index contributed by atoms with van der Waals surface area (Å²) in [5, 5.41) is 12.1. The minimum absolute atomic E-state index is 0.111. The van der Waals surface area contributed by atoms with Gasteiger partial charge in [0.2, 0.25) is 5.91 Å². The Balaban J connectivity index is 2.23. The Hall–Kier alpha value is -0.650. The molecule has 0 aromatic heterocycles. The molecule has 0 bridgehead atoms. The van der Waals surface area contributed by atoms with Crippen LogP contribution >= 0.6 is 0 Å². The second-order valence-electron chi connectivity index (χ2n) is 4.32. The monoisotopic (exact) mass is 230 g/mol. The molecular weight excluding hydrogens is 208 g/mol. The van der Waals surface area contributed by atoms with E-state index in [2.05, 4.69) is 5.32 Å². The molecule has 0 radical (unpaired) electrons. The van der Waals surface area contributed by atoms with Gasteiger partial charge in [-0.1, -0.05) is 6.92 Å². The summed E-state index contributed by atoms with van der Waals surface area (Å²) in [6.45, 7) is 7.05. The van der Waals surface area contributed by atoms with Crippen molar-refractivity contribution in [3.63, 3.8) is 0 Å². The first kappa shape index (κ1) is 13.4. The van der Waals surface area contributed by atoms with Crippen molar-refractivity contribution in [3.05, 3.63) is 0 Å². The molecule has 0 aromatic rings. The second kappa shape index (κ2) is 6.83. The highest BCUT2D eigenvalue weighted by Gasteiger charge is 2.18. The highest BCUT2D eigenvalue weighted by molar-refractivity contribution is 5.78. The van der Waals surface area contributed by atoms with Crippen molar-refractivity contribution in [2.45, 2.75) is 19.9 Å². The van der Waals surface area contributed by atoms with Gasteiger partial charge in [0.15, 0.2) is 0 Å².